The number of hydrogen-bond acceptors (Lipinski definition) is 5. The maximum atomic E-state index is 12.9. The summed E-state index contributed by atoms with van der Waals surface area (Å²) >= 11 is 0. The van der Waals surface area contributed by atoms with E-state index in [0.717, 1.165) is 11.4 Å². The molecule has 1 aliphatic heterocycles. The average molecular weight is 432 g/mol. The smallest absolute Gasteiger partial charge is 0.263 e. The SMILES string of the molecule is Cc1cc(C)n(CC(C)CNC(=O)[C@@H](N=C2NS(=O)(=O)c3ccccc32)C(C)C)n1. The molecule has 1 aromatic carbocycles. The van der Waals surface area contributed by atoms with Crippen molar-refractivity contribution >= 4 is 21.8 Å². The van der Waals surface area contributed by atoms with Gasteiger partial charge in [0.1, 0.15) is 11.9 Å². The largest absolute Gasteiger partial charge is 0.354 e. The number of nitrogens with one attached hydrogen (secondary N) is 2. The molecule has 8 nitrogen and oxygen atoms in total. The summed E-state index contributed by atoms with van der Waals surface area (Å²) in [6.45, 7) is 11.0. The molecular formula is C21H29N5O3S. The Morgan fingerprint density at radius 2 is 1.93 bits per heavy atom. The first-order valence-electron chi connectivity index (χ1n) is 10.1. The zero-order valence-electron chi connectivity index (χ0n) is 18.0. The van der Waals surface area contributed by atoms with E-state index in [0.29, 0.717) is 18.7 Å². The van der Waals surface area contributed by atoms with Gasteiger partial charge in [0.15, 0.2) is 0 Å². The first-order chi connectivity index (χ1) is 14.1. The number of carbonyl (C=O) groups excluding carboxylic acids is 1. The van der Waals surface area contributed by atoms with Crippen molar-refractivity contribution < 1.29 is 13.2 Å². The van der Waals surface area contributed by atoms with Crippen molar-refractivity contribution in [2.75, 3.05) is 6.54 Å². The van der Waals surface area contributed by atoms with Gasteiger partial charge < -0.3 is 5.32 Å². The van der Waals surface area contributed by atoms with Crippen molar-refractivity contribution in [1.29, 1.82) is 0 Å². The van der Waals surface area contributed by atoms with Gasteiger partial charge in [-0.25, -0.2) is 8.42 Å². The topological polar surface area (TPSA) is 105 Å². The Balaban J connectivity index is 1.70. The number of amides is 1. The van der Waals surface area contributed by atoms with E-state index in [1.165, 1.54) is 6.07 Å². The quantitative estimate of drug-likeness (QED) is 0.699. The van der Waals surface area contributed by atoms with Crippen LogP contribution in [0.1, 0.15) is 37.7 Å². The number of aliphatic imine (C=N–C) groups is 1. The molecule has 1 aliphatic rings. The number of fused-ring (bicyclic) bond motifs is 1. The van der Waals surface area contributed by atoms with Gasteiger partial charge in [-0.1, -0.05) is 32.9 Å². The molecule has 1 aromatic heterocycles. The molecule has 0 saturated heterocycles. The van der Waals surface area contributed by atoms with Gasteiger partial charge in [0.25, 0.3) is 10.0 Å². The lowest BCUT2D eigenvalue weighted by atomic mass is 10.0. The molecule has 0 bridgehead atoms. The number of aromatic nitrogens is 2. The van der Waals surface area contributed by atoms with Gasteiger partial charge in [-0.3, -0.25) is 19.2 Å². The van der Waals surface area contributed by atoms with E-state index >= 15 is 0 Å². The van der Waals surface area contributed by atoms with Crippen molar-refractivity contribution in [3.63, 3.8) is 0 Å². The predicted octanol–water partition coefficient (Wildman–Crippen LogP) is 2.02. The molecule has 0 aliphatic carbocycles. The van der Waals surface area contributed by atoms with E-state index in [-0.39, 0.29) is 28.5 Å². The monoisotopic (exact) mass is 431 g/mol. The highest BCUT2D eigenvalue weighted by atomic mass is 32.2. The van der Waals surface area contributed by atoms with Crippen molar-refractivity contribution in [1.82, 2.24) is 19.8 Å². The fourth-order valence-corrected chi connectivity index (χ4v) is 4.72. The number of aryl methyl sites for hydroxylation is 2. The highest BCUT2D eigenvalue weighted by Gasteiger charge is 2.32. The van der Waals surface area contributed by atoms with Gasteiger partial charge in [0.05, 0.1) is 10.6 Å². The number of amidine groups is 1. The normalized spacial score (nSPS) is 18.1. The van der Waals surface area contributed by atoms with E-state index in [1.54, 1.807) is 18.2 Å². The Labute approximate surface area is 177 Å². The van der Waals surface area contributed by atoms with Crippen LogP contribution in [0.15, 0.2) is 40.2 Å². The van der Waals surface area contributed by atoms with Crippen LogP contribution >= 0.6 is 0 Å². The molecule has 30 heavy (non-hydrogen) atoms. The number of nitrogens with zero attached hydrogens (tertiary/aromatic N) is 3. The second kappa shape index (κ2) is 8.59. The first kappa shape index (κ1) is 22.0. The lowest BCUT2D eigenvalue weighted by Gasteiger charge is -2.19. The third-order valence-corrected chi connectivity index (χ3v) is 6.44. The molecule has 1 unspecified atom stereocenters. The zero-order valence-corrected chi connectivity index (χ0v) is 18.8. The van der Waals surface area contributed by atoms with Gasteiger partial charge in [-0.2, -0.15) is 5.10 Å². The maximum absolute atomic E-state index is 12.9. The number of rotatable bonds is 7. The van der Waals surface area contributed by atoms with E-state index in [2.05, 4.69) is 20.1 Å². The van der Waals surface area contributed by atoms with Crippen molar-refractivity contribution in [3.8, 4) is 0 Å². The van der Waals surface area contributed by atoms with Crippen molar-refractivity contribution in [3.05, 3.63) is 47.3 Å². The Morgan fingerprint density at radius 1 is 1.23 bits per heavy atom. The highest BCUT2D eigenvalue weighted by Crippen LogP contribution is 2.23. The van der Waals surface area contributed by atoms with Gasteiger partial charge >= 0.3 is 0 Å². The summed E-state index contributed by atoms with van der Waals surface area (Å²) in [5.41, 5.74) is 2.55. The second-order valence-corrected chi connectivity index (χ2v) is 9.88. The molecule has 9 heteroatoms. The summed E-state index contributed by atoms with van der Waals surface area (Å²) in [7, 11) is -3.64. The summed E-state index contributed by atoms with van der Waals surface area (Å²) in [4.78, 5) is 17.5. The second-order valence-electron chi connectivity index (χ2n) is 8.23. The lowest BCUT2D eigenvalue weighted by molar-refractivity contribution is -0.123. The number of carbonyl (C=O) groups is 1. The van der Waals surface area contributed by atoms with E-state index < -0.39 is 16.1 Å². The number of hydrogen-bond donors (Lipinski definition) is 2. The molecular weight excluding hydrogens is 402 g/mol. The number of benzene rings is 1. The van der Waals surface area contributed by atoms with Gasteiger partial charge in [-0.05, 0) is 43.9 Å². The molecule has 2 N–H and O–H groups in total. The minimum Gasteiger partial charge on any atom is -0.354 e. The van der Waals surface area contributed by atoms with Crippen LogP contribution in [0.2, 0.25) is 0 Å². The Hall–Kier alpha value is -2.68. The standard InChI is InChI=1S/C21H29N5O3S/c1-13(2)19(23-20-17-8-6-7-9-18(17)30(28,29)25-20)21(27)22-11-14(3)12-26-16(5)10-15(4)24-26/h6-10,13-14,19H,11-12H2,1-5H3,(H,22,27)(H,23,25)/t14?,19-/m0/s1. The van der Waals surface area contributed by atoms with Crippen LogP contribution in [0.25, 0.3) is 0 Å². The molecule has 3 rings (SSSR count). The third-order valence-electron chi connectivity index (χ3n) is 5.04. The molecule has 2 heterocycles. The molecule has 0 fully saturated rings. The lowest BCUT2D eigenvalue weighted by Crippen LogP contribution is -2.40. The minimum absolute atomic E-state index is 0.0962. The van der Waals surface area contributed by atoms with Crippen LogP contribution < -0.4 is 10.0 Å². The van der Waals surface area contributed by atoms with Gasteiger partial charge in [0, 0.05) is 24.3 Å². The van der Waals surface area contributed by atoms with E-state index in [4.69, 9.17) is 0 Å². The Kier molecular flexibility index (Phi) is 6.30. The maximum Gasteiger partial charge on any atom is 0.263 e. The number of sulfonamides is 1. The van der Waals surface area contributed by atoms with Crippen LogP contribution in [0, 0.1) is 25.7 Å². The zero-order chi connectivity index (χ0) is 22.1. The Morgan fingerprint density at radius 3 is 2.57 bits per heavy atom. The molecule has 0 spiro atoms. The summed E-state index contributed by atoms with van der Waals surface area (Å²) in [5, 5.41) is 7.43. The first-order valence-corrected chi connectivity index (χ1v) is 11.6. The van der Waals surface area contributed by atoms with Crippen LogP contribution in [0.3, 0.4) is 0 Å². The van der Waals surface area contributed by atoms with Crippen LogP contribution in [-0.2, 0) is 21.4 Å². The summed E-state index contributed by atoms with van der Waals surface area (Å²) in [5.74, 6) is 0.0793. The van der Waals surface area contributed by atoms with E-state index in [1.807, 2.05) is 45.4 Å². The summed E-state index contributed by atoms with van der Waals surface area (Å²) in [6.07, 6.45) is 0. The van der Waals surface area contributed by atoms with Crippen molar-refractivity contribution in [2.45, 2.75) is 52.1 Å². The fraction of sp³-hybridized carbons (Fsp3) is 0.476. The van der Waals surface area contributed by atoms with Crippen LogP contribution in [0.5, 0.6) is 0 Å². The van der Waals surface area contributed by atoms with Crippen LogP contribution in [-0.4, -0.2) is 42.5 Å². The predicted molar refractivity (Wildman–Crippen MR) is 116 cm³/mol. The van der Waals surface area contributed by atoms with Gasteiger partial charge in [-0.15, -0.1) is 0 Å². The summed E-state index contributed by atoms with van der Waals surface area (Å²) in [6, 6.07) is 7.97. The molecule has 0 saturated carbocycles. The molecule has 1 amide bonds. The fourth-order valence-electron chi connectivity index (χ4n) is 3.48. The molecule has 2 aromatic rings. The minimum atomic E-state index is -3.64. The van der Waals surface area contributed by atoms with Gasteiger partial charge in [0.2, 0.25) is 5.91 Å². The van der Waals surface area contributed by atoms with Crippen LogP contribution in [0.4, 0.5) is 0 Å². The summed E-state index contributed by atoms with van der Waals surface area (Å²) < 4.78 is 29.0. The van der Waals surface area contributed by atoms with Crippen molar-refractivity contribution in [2.24, 2.45) is 16.8 Å². The Bertz CT molecular complexity index is 1070. The molecule has 2 atom stereocenters. The molecule has 0 radical (unpaired) electrons. The highest BCUT2D eigenvalue weighted by molar-refractivity contribution is 7.90. The van der Waals surface area contributed by atoms with E-state index in [9.17, 15) is 13.2 Å². The average Bonchev–Trinajstić information content (AvgIpc) is 3.12. The molecule has 162 valence electrons. The third kappa shape index (κ3) is 4.72.